The van der Waals surface area contributed by atoms with Crippen molar-refractivity contribution in [3.8, 4) is 0 Å². The molecule has 3 rings (SSSR count). The molecule has 0 aromatic heterocycles. The second-order valence-corrected chi connectivity index (χ2v) is 5.01. The van der Waals surface area contributed by atoms with E-state index < -0.39 is 23.2 Å². The van der Waals surface area contributed by atoms with Gasteiger partial charge in [-0.15, -0.1) is 0 Å². The second-order valence-electron chi connectivity index (χ2n) is 5.01. The topological polar surface area (TPSA) is 26.3 Å². The Morgan fingerprint density at radius 3 is 2.61 bits per heavy atom. The molecule has 0 radical (unpaired) electrons. The number of hydrogen-bond acceptors (Lipinski definition) is 2. The maximum Gasteiger partial charge on any atom is 0.318 e. The summed E-state index contributed by atoms with van der Waals surface area (Å²) in [6.07, 6.45) is 0.248. The Labute approximate surface area is 104 Å². The lowest BCUT2D eigenvalue weighted by Gasteiger charge is -2.42. The van der Waals surface area contributed by atoms with Gasteiger partial charge < -0.3 is 4.74 Å². The predicted octanol–water partition coefficient (Wildman–Crippen LogP) is 2.99. The monoisotopic (exact) mass is 252 g/mol. The van der Waals surface area contributed by atoms with Crippen LogP contribution in [0.5, 0.6) is 0 Å². The van der Waals surface area contributed by atoms with Crippen molar-refractivity contribution < 1.29 is 18.3 Å². The van der Waals surface area contributed by atoms with Gasteiger partial charge in [0.05, 0.1) is 12.5 Å². The van der Waals surface area contributed by atoms with Crippen molar-refractivity contribution in [2.45, 2.75) is 25.2 Å². The quantitative estimate of drug-likeness (QED) is 0.773. The molecule has 0 aliphatic heterocycles. The van der Waals surface area contributed by atoms with Crippen molar-refractivity contribution in [3.05, 3.63) is 35.9 Å². The molecule has 2 aliphatic carbocycles. The summed E-state index contributed by atoms with van der Waals surface area (Å²) >= 11 is 0. The number of fused-ring (bicyclic) bond motifs is 1. The van der Waals surface area contributed by atoms with Gasteiger partial charge in [0.1, 0.15) is 5.41 Å². The largest absolute Gasteiger partial charge is 0.465 e. The number of hydrogen-bond donors (Lipinski definition) is 0. The van der Waals surface area contributed by atoms with E-state index in [0.717, 1.165) is 0 Å². The molecule has 0 saturated heterocycles. The fraction of sp³-hybridized carbons (Fsp3) is 0.500. The van der Waals surface area contributed by atoms with Crippen molar-refractivity contribution >= 4 is 5.97 Å². The number of alkyl halides is 2. The summed E-state index contributed by atoms with van der Waals surface area (Å²) in [6, 6.07) is 8.69. The first kappa shape index (κ1) is 11.6. The number of esters is 1. The van der Waals surface area contributed by atoms with Gasteiger partial charge in [-0.3, -0.25) is 4.79 Å². The molecule has 96 valence electrons. The van der Waals surface area contributed by atoms with Crippen molar-refractivity contribution in [3.63, 3.8) is 0 Å². The Morgan fingerprint density at radius 2 is 2.06 bits per heavy atom. The van der Waals surface area contributed by atoms with E-state index in [0.29, 0.717) is 5.56 Å². The van der Waals surface area contributed by atoms with Gasteiger partial charge >= 0.3 is 5.97 Å². The molecule has 0 heterocycles. The van der Waals surface area contributed by atoms with E-state index in [1.165, 1.54) is 0 Å². The standard InChI is InChI=1S/C14H14F2O2/c1-2-18-12(17)13-8-10(13)11(14(13,15)16)9-6-4-3-5-7-9/h3-7,10-11H,2,8H2,1H3/t10-,11-,13-/m0/s1. The predicted molar refractivity (Wildman–Crippen MR) is 61.3 cm³/mol. The fourth-order valence-corrected chi connectivity index (χ4v) is 3.24. The van der Waals surface area contributed by atoms with Crippen LogP contribution in [0.2, 0.25) is 0 Å². The molecular weight excluding hydrogens is 238 g/mol. The van der Waals surface area contributed by atoms with Gasteiger partial charge in [0.25, 0.3) is 5.92 Å². The van der Waals surface area contributed by atoms with E-state index in [1.807, 2.05) is 0 Å². The maximum atomic E-state index is 14.3. The summed E-state index contributed by atoms with van der Waals surface area (Å²) in [5.41, 5.74) is -0.909. The van der Waals surface area contributed by atoms with Gasteiger partial charge in [0.2, 0.25) is 0 Å². The summed E-state index contributed by atoms with van der Waals surface area (Å²) in [7, 11) is 0. The first-order valence-corrected chi connectivity index (χ1v) is 6.15. The molecule has 0 unspecified atom stereocenters. The van der Waals surface area contributed by atoms with Crippen molar-refractivity contribution in [1.29, 1.82) is 0 Å². The second kappa shape index (κ2) is 3.53. The zero-order chi connectivity index (χ0) is 13.0. The molecular formula is C14H14F2O2. The molecule has 3 atom stereocenters. The van der Waals surface area contributed by atoms with Gasteiger partial charge in [-0.1, -0.05) is 30.3 Å². The summed E-state index contributed by atoms with van der Waals surface area (Å²) in [4.78, 5) is 11.7. The van der Waals surface area contributed by atoms with Crippen LogP contribution in [0, 0.1) is 11.3 Å². The molecule has 18 heavy (non-hydrogen) atoms. The maximum absolute atomic E-state index is 14.3. The number of halogens is 2. The summed E-state index contributed by atoms with van der Waals surface area (Å²) in [6.45, 7) is 1.79. The minimum Gasteiger partial charge on any atom is -0.465 e. The van der Waals surface area contributed by atoms with Gasteiger partial charge in [0.15, 0.2) is 0 Å². The molecule has 2 nitrogen and oxygen atoms in total. The SMILES string of the molecule is CCOC(=O)[C@]12C[C@H]1[C@H](c1ccccc1)C2(F)F. The lowest BCUT2D eigenvalue weighted by molar-refractivity contribution is -0.198. The fourth-order valence-electron chi connectivity index (χ4n) is 3.24. The normalized spacial score (nSPS) is 35.3. The van der Waals surface area contributed by atoms with Crippen molar-refractivity contribution in [2.75, 3.05) is 6.61 Å². The number of carbonyl (C=O) groups is 1. The van der Waals surface area contributed by atoms with E-state index in [2.05, 4.69) is 0 Å². The summed E-state index contributed by atoms with van der Waals surface area (Å²) in [5, 5.41) is 0. The van der Waals surface area contributed by atoms with Crippen LogP contribution in [0.15, 0.2) is 30.3 Å². The van der Waals surface area contributed by atoms with E-state index in [4.69, 9.17) is 4.74 Å². The van der Waals surface area contributed by atoms with E-state index in [-0.39, 0.29) is 18.9 Å². The van der Waals surface area contributed by atoms with Crippen LogP contribution in [-0.4, -0.2) is 18.5 Å². The van der Waals surface area contributed by atoms with Crippen LogP contribution in [0.1, 0.15) is 24.8 Å². The summed E-state index contributed by atoms with van der Waals surface area (Å²) in [5.74, 6) is -4.80. The number of rotatable bonds is 3. The van der Waals surface area contributed by atoms with E-state index in [9.17, 15) is 13.6 Å². The average molecular weight is 252 g/mol. The highest BCUT2D eigenvalue weighted by molar-refractivity contribution is 5.85. The highest BCUT2D eigenvalue weighted by Crippen LogP contribution is 2.81. The van der Waals surface area contributed by atoms with E-state index >= 15 is 0 Å². The summed E-state index contributed by atoms with van der Waals surface area (Å²) < 4.78 is 33.3. The Hall–Kier alpha value is -1.45. The third kappa shape index (κ3) is 1.18. The highest BCUT2D eigenvalue weighted by atomic mass is 19.3. The minimum absolute atomic E-state index is 0.152. The molecule has 0 N–H and O–H groups in total. The number of carbonyl (C=O) groups excluding carboxylic acids is 1. The first-order chi connectivity index (χ1) is 8.55. The molecule has 0 amide bonds. The Morgan fingerprint density at radius 1 is 1.39 bits per heavy atom. The molecule has 0 bridgehead atoms. The molecule has 4 heteroatoms. The van der Waals surface area contributed by atoms with Crippen LogP contribution < -0.4 is 0 Å². The Balaban J connectivity index is 1.87. The lowest BCUT2D eigenvalue weighted by atomic mass is 9.67. The number of benzene rings is 1. The Bertz CT molecular complexity index is 486. The van der Waals surface area contributed by atoms with Gasteiger partial charge in [0, 0.05) is 0 Å². The zero-order valence-corrected chi connectivity index (χ0v) is 10.0. The molecule has 2 fully saturated rings. The molecule has 1 aromatic rings. The van der Waals surface area contributed by atoms with Crippen LogP contribution in [0.25, 0.3) is 0 Å². The van der Waals surface area contributed by atoms with Crippen LogP contribution >= 0.6 is 0 Å². The third-order valence-corrected chi connectivity index (χ3v) is 4.20. The van der Waals surface area contributed by atoms with Crippen molar-refractivity contribution in [2.24, 2.45) is 11.3 Å². The minimum atomic E-state index is -2.98. The highest BCUT2D eigenvalue weighted by Gasteiger charge is 2.89. The van der Waals surface area contributed by atoms with Gasteiger partial charge in [-0.05, 0) is 24.8 Å². The number of ether oxygens (including phenoxy) is 1. The average Bonchev–Trinajstić information content (AvgIpc) is 3.03. The lowest BCUT2D eigenvalue weighted by Crippen LogP contribution is -2.53. The smallest absolute Gasteiger partial charge is 0.318 e. The van der Waals surface area contributed by atoms with Crippen molar-refractivity contribution in [1.82, 2.24) is 0 Å². The molecule has 0 spiro atoms. The zero-order valence-electron chi connectivity index (χ0n) is 10.0. The van der Waals surface area contributed by atoms with Gasteiger partial charge in [-0.25, -0.2) is 8.78 Å². The van der Waals surface area contributed by atoms with Crippen LogP contribution in [-0.2, 0) is 9.53 Å². The first-order valence-electron chi connectivity index (χ1n) is 6.15. The van der Waals surface area contributed by atoms with E-state index in [1.54, 1.807) is 37.3 Å². The van der Waals surface area contributed by atoms with Gasteiger partial charge in [-0.2, -0.15) is 0 Å². The van der Waals surface area contributed by atoms with Crippen LogP contribution in [0.4, 0.5) is 8.78 Å². The molecule has 1 aromatic carbocycles. The third-order valence-electron chi connectivity index (χ3n) is 4.20. The van der Waals surface area contributed by atoms with Crippen LogP contribution in [0.3, 0.4) is 0 Å². The Kier molecular flexibility index (Phi) is 2.28. The molecule has 2 aliphatic rings. The molecule has 2 saturated carbocycles.